The van der Waals surface area contributed by atoms with Crippen LogP contribution in [0.25, 0.3) is 5.65 Å². The summed E-state index contributed by atoms with van der Waals surface area (Å²) in [6.07, 6.45) is 4.67. The molecule has 8 heteroatoms. The Kier molecular flexibility index (Phi) is 4.46. The van der Waals surface area contributed by atoms with Gasteiger partial charge in [0, 0.05) is 38.3 Å². The normalized spacial score (nSPS) is 15.4. The first kappa shape index (κ1) is 16.8. The number of benzene rings is 1. The molecule has 0 spiro atoms. The van der Waals surface area contributed by atoms with Gasteiger partial charge >= 0.3 is 0 Å². The minimum Gasteiger partial charge on any atom is -0.490 e. The number of piperidine rings is 1. The molecule has 4 rings (SSSR count). The Morgan fingerprint density at radius 1 is 1.23 bits per heavy atom. The first-order chi connectivity index (χ1) is 12.6. The van der Waals surface area contributed by atoms with Crippen molar-refractivity contribution in [3.8, 4) is 5.75 Å². The van der Waals surface area contributed by atoms with Crippen LogP contribution in [0.1, 0.15) is 23.3 Å². The van der Waals surface area contributed by atoms with Crippen LogP contribution in [0.4, 0.5) is 4.39 Å². The van der Waals surface area contributed by atoms with Gasteiger partial charge < -0.3 is 9.64 Å². The Labute approximate surface area is 154 Å². The summed E-state index contributed by atoms with van der Waals surface area (Å²) in [7, 11) is 0. The third-order valence-corrected chi connectivity index (χ3v) is 4.74. The maximum atomic E-state index is 13.0. The molecule has 0 radical (unpaired) electrons. The summed E-state index contributed by atoms with van der Waals surface area (Å²) in [5, 5.41) is 4.51. The minimum atomic E-state index is -0.295. The van der Waals surface area contributed by atoms with Crippen molar-refractivity contribution in [2.24, 2.45) is 0 Å². The summed E-state index contributed by atoms with van der Waals surface area (Å²) in [5.74, 6) is 0.128. The topological polar surface area (TPSA) is 59.7 Å². The van der Waals surface area contributed by atoms with Crippen LogP contribution in [0.3, 0.4) is 0 Å². The number of carbonyl (C=O) groups is 1. The molecule has 1 aliphatic rings. The van der Waals surface area contributed by atoms with Gasteiger partial charge in [0.1, 0.15) is 22.7 Å². The second-order valence-corrected chi connectivity index (χ2v) is 6.49. The van der Waals surface area contributed by atoms with Crippen molar-refractivity contribution in [1.82, 2.24) is 19.5 Å². The molecule has 0 atom stereocenters. The zero-order valence-electron chi connectivity index (χ0n) is 13.8. The van der Waals surface area contributed by atoms with E-state index in [0.717, 1.165) is 0 Å². The molecule has 1 saturated heterocycles. The fraction of sp³-hybridized carbons (Fsp3) is 0.278. The van der Waals surface area contributed by atoms with E-state index in [0.29, 0.717) is 37.3 Å². The monoisotopic (exact) mass is 374 g/mol. The summed E-state index contributed by atoms with van der Waals surface area (Å²) in [6.45, 7) is 1.09. The van der Waals surface area contributed by atoms with Crippen molar-refractivity contribution in [1.29, 1.82) is 0 Å². The lowest BCUT2D eigenvalue weighted by Gasteiger charge is -2.31. The van der Waals surface area contributed by atoms with Crippen LogP contribution in [-0.2, 0) is 0 Å². The number of nitrogens with zero attached hydrogens (tertiary/aromatic N) is 4. The van der Waals surface area contributed by atoms with Crippen LogP contribution < -0.4 is 4.74 Å². The van der Waals surface area contributed by atoms with Crippen LogP contribution in [0.15, 0.2) is 42.7 Å². The van der Waals surface area contributed by atoms with E-state index in [-0.39, 0.29) is 28.5 Å². The molecule has 1 aromatic carbocycles. The number of carbonyl (C=O) groups excluding carboxylic acids is 1. The molecule has 134 valence electrons. The van der Waals surface area contributed by atoms with Gasteiger partial charge in [-0.2, -0.15) is 5.10 Å². The number of aromatic nitrogens is 3. The van der Waals surface area contributed by atoms with E-state index in [1.165, 1.54) is 16.6 Å². The molecule has 1 aliphatic heterocycles. The smallest absolute Gasteiger partial charge is 0.276 e. The standard InChI is InChI=1S/C18H16ClFN4O2/c19-15-16(22-24-9-1-8-21-17(15)24)18(25)23-10-6-14(7-11-23)26-13-4-2-12(20)3-5-13/h1-5,8-9,14H,6-7,10-11H2. The Hall–Kier alpha value is -2.67. The molecular weight excluding hydrogens is 359 g/mol. The van der Waals surface area contributed by atoms with Crippen molar-refractivity contribution in [2.45, 2.75) is 18.9 Å². The van der Waals surface area contributed by atoms with E-state index in [1.54, 1.807) is 35.5 Å². The van der Waals surface area contributed by atoms with Gasteiger partial charge in [-0.15, -0.1) is 0 Å². The number of ether oxygens (including phenoxy) is 1. The number of rotatable bonds is 3. The van der Waals surface area contributed by atoms with Crippen molar-refractivity contribution in [3.63, 3.8) is 0 Å². The van der Waals surface area contributed by atoms with Gasteiger partial charge in [0.2, 0.25) is 0 Å². The molecule has 0 bridgehead atoms. The Balaban J connectivity index is 1.41. The largest absolute Gasteiger partial charge is 0.490 e. The van der Waals surface area contributed by atoms with Gasteiger partial charge in [-0.05, 0) is 30.3 Å². The highest BCUT2D eigenvalue weighted by Gasteiger charge is 2.28. The number of fused-ring (bicyclic) bond motifs is 1. The molecule has 1 amide bonds. The van der Waals surface area contributed by atoms with Crippen LogP contribution in [0, 0.1) is 5.82 Å². The third kappa shape index (κ3) is 3.22. The Morgan fingerprint density at radius 2 is 1.96 bits per heavy atom. The van der Waals surface area contributed by atoms with Crippen LogP contribution in [0.2, 0.25) is 5.02 Å². The third-order valence-electron chi connectivity index (χ3n) is 4.39. The Bertz CT molecular complexity index is 936. The number of likely N-dealkylation sites (tertiary alicyclic amines) is 1. The molecule has 0 saturated carbocycles. The van der Waals surface area contributed by atoms with Gasteiger partial charge in [0.25, 0.3) is 5.91 Å². The van der Waals surface area contributed by atoms with E-state index in [4.69, 9.17) is 16.3 Å². The van der Waals surface area contributed by atoms with Crippen molar-refractivity contribution in [3.05, 3.63) is 59.3 Å². The Morgan fingerprint density at radius 3 is 2.65 bits per heavy atom. The molecule has 3 aromatic rings. The van der Waals surface area contributed by atoms with Crippen LogP contribution in [0.5, 0.6) is 5.75 Å². The number of hydrogen-bond donors (Lipinski definition) is 0. The zero-order chi connectivity index (χ0) is 18.1. The molecule has 0 aliphatic carbocycles. The fourth-order valence-corrected chi connectivity index (χ4v) is 3.28. The quantitative estimate of drug-likeness (QED) is 0.706. The second kappa shape index (κ2) is 6.92. The molecular formula is C18H16ClFN4O2. The summed E-state index contributed by atoms with van der Waals surface area (Å²) < 4.78 is 20.3. The number of hydrogen-bond acceptors (Lipinski definition) is 4. The number of amides is 1. The summed E-state index contributed by atoms with van der Waals surface area (Å²) in [5.41, 5.74) is 0.676. The van der Waals surface area contributed by atoms with E-state index in [1.807, 2.05) is 0 Å². The molecule has 0 unspecified atom stereocenters. The van der Waals surface area contributed by atoms with Gasteiger partial charge in [-0.1, -0.05) is 11.6 Å². The lowest BCUT2D eigenvalue weighted by molar-refractivity contribution is 0.0590. The van der Waals surface area contributed by atoms with E-state index in [9.17, 15) is 9.18 Å². The van der Waals surface area contributed by atoms with Crippen molar-refractivity contribution < 1.29 is 13.9 Å². The summed E-state index contributed by atoms with van der Waals surface area (Å²) in [4.78, 5) is 18.6. The SMILES string of the molecule is O=C(c1nn2cccnc2c1Cl)N1CCC(Oc2ccc(F)cc2)CC1. The van der Waals surface area contributed by atoms with Gasteiger partial charge in [0.05, 0.1) is 0 Å². The van der Waals surface area contributed by atoms with Crippen molar-refractivity contribution in [2.75, 3.05) is 13.1 Å². The fourth-order valence-electron chi connectivity index (χ4n) is 3.03. The predicted octanol–water partition coefficient (Wildman–Crippen LogP) is 3.21. The first-order valence-corrected chi connectivity index (χ1v) is 8.70. The first-order valence-electron chi connectivity index (χ1n) is 8.32. The zero-order valence-corrected chi connectivity index (χ0v) is 14.6. The van der Waals surface area contributed by atoms with Gasteiger partial charge in [0.15, 0.2) is 11.3 Å². The van der Waals surface area contributed by atoms with Crippen molar-refractivity contribution >= 4 is 23.2 Å². The van der Waals surface area contributed by atoms with Gasteiger partial charge in [-0.25, -0.2) is 13.9 Å². The average Bonchev–Trinajstić information content (AvgIpc) is 3.01. The maximum Gasteiger partial charge on any atom is 0.276 e. The molecule has 6 nitrogen and oxygen atoms in total. The lowest BCUT2D eigenvalue weighted by Crippen LogP contribution is -2.42. The molecule has 26 heavy (non-hydrogen) atoms. The molecule has 2 aromatic heterocycles. The number of halogens is 2. The van der Waals surface area contributed by atoms with Gasteiger partial charge in [-0.3, -0.25) is 4.79 Å². The maximum absolute atomic E-state index is 13.0. The molecule has 1 fully saturated rings. The van der Waals surface area contributed by atoms with E-state index < -0.39 is 0 Å². The van der Waals surface area contributed by atoms with E-state index in [2.05, 4.69) is 10.1 Å². The molecule has 0 N–H and O–H groups in total. The predicted molar refractivity (Wildman–Crippen MR) is 94.0 cm³/mol. The minimum absolute atomic E-state index is 0.0114. The average molecular weight is 375 g/mol. The summed E-state index contributed by atoms with van der Waals surface area (Å²) >= 11 is 6.27. The highest BCUT2D eigenvalue weighted by molar-refractivity contribution is 6.36. The summed E-state index contributed by atoms with van der Waals surface area (Å²) in [6, 6.07) is 7.68. The van der Waals surface area contributed by atoms with Crippen LogP contribution in [-0.4, -0.2) is 44.6 Å². The van der Waals surface area contributed by atoms with E-state index >= 15 is 0 Å². The molecule has 3 heterocycles. The highest BCUT2D eigenvalue weighted by Crippen LogP contribution is 2.24. The lowest BCUT2D eigenvalue weighted by atomic mass is 10.1. The highest BCUT2D eigenvalue weighted by atomic mass is 35.5. The second-order valence-electron chi connectivity index (χ2n) is 6.11. The van der Waals surface area contributed by atoms with Crippen LogP contribution >= 0.6 is 11.6 Å².